The molecule has 0 radical (unpaired) electrons. The van der Waals surface area contributed by atoms with Crippen LogP contribution < -0.4 is 14.5 Å². The van der Waals surface area contributed by atoms with E-state index in [1.165, 1.54) is 30.4 Å². The summed E-state index contributed by atoms with van der Waals surface area (Å²) in [6.45, 7) is 7.67. The van der Waals surface area contributed by atoms with Gasteiger partial charge < -0.3 is 9.30 Å². The number of carbonyl (C=O) groups is 1. The van der Waals surface area contributed by atoms with E-state index >= 15 is 0 Å². The first-order chi connectivity index (χ1) is 18.6. The van der Waals surface area contributed by atoms with Crippen LogP contribution in [0.15, 0.2) is 88.9 Å². The number of amides is 1. The van der Waals surface area contributed by atoms with Crippen molar-refractivity contribution in [1.29, 1.82) is 0 Å². The number of ether oxygens (including phenoxy) is 1. The molecule has 0 atom stereocenters. The Hall–Kier alpha value is -4.37. The first-order valence-electron chi connectivity index (χ1n) is 12.4. The summed E-state index contributed by atoms with van der Waals surface area (Å²) in [5.41, 5.74) is 9.03. The lowest BCUT2D eigenvalue weighted by Gasteiger charge is -2.24. The van der Waals surface area contributed by atoms with Gasteiger partial charge in [-0.3, -0.25) is 9.10 Å². The van der Waals surface area contributed by atoms with Gasteiger partial charge in [0, 0.05) is 28.7 Å². The molecule has 0 aliphatic rings. The van der Waals surface area contributed by atoms with Crippen LogP contribution in [0.4, 0.5) is 5.69 Å². The molecule has 0 saturated carbocycles. The number of hydrazone groups is 1. The van der Waals surface area contributed by atoms with Crippen LogP contribution in [0.3, 0.4) is 0 Å². The monoisotopic (exact) mass is 544 g/mol. The molecule has 1 aromatic heterocycles. The average Bonchev–Trinajstić information content (AvgIpc) is 3.19. The number of aromatic nitrogens is 1. The van der Waals surface area contributed by atoms with E-state index in [2.05, 4.69) is 47.1 Å². The molecule has 0 saturated heterocycles. The fraction of sp³-hybridized carbons (Fsp3) is 0.200. The van der Waals surface area contributed by atoms with Gasteiger partial charge in [0.05, 0.1) is 23.9 Å². The molecule has 1 heterocycles. The van der Waals surface area contributed by atoms with Crippen molar-refractivity contribution >= 4 is 27.8 Å². The van der Waals surface area contributed by atoms with Crippen molar-refractivity contribution in [2.24, 2.45) is 5.10 Å². The van der Waals surface area contributed by atoms with E-state index in [1.807, 2.05) is 19.9 Å². The molecule has 39 heavy (non-hydrogen) atoms. The second-order valence-electron chi connectivity index (χ2n) is 9.33. The van der Waals surface area contributed by atoms with Gasteiger partial charge in [-0.25, -0.2) is 13.8 Å². The molecule has 8 nitrogen and oxygen atoms in total. The second-order valence-corrected chi connectivity index (χ2v) is 11.2. The van der Waals surface area contributed by atoms with Crippen LogP contribution >= 0.6 is 0 Å². The quantitative estimate of drug-likeness (QED) is 0.235. The van der Waals surface area contributed by atoms with Crippen molar-refractivity contribution in [3.05, 3.63) is 107 Å². The maximum absolute atomic E-state index is 13.5. The minimum atomic E-state index is -4.04. The smallest absolute Gasteiger partial charge is 0.264 e. The molecular formula is C30H32N4O4S. The Kier molecular flexibility index (Phi) is 8.21. The van der Waals surface area contributed by atoms with Gasteiger partial charge in [0.25, 0.3) is 15.9 Å². The summed E-state index contributed by atoms with van der Waals surface area (Å²) in [5, 5.41) is 4.14. The third-order valence-corrected chi connectivity index (χ3v) is 8.08. The molecule has 3 aromatic carbocycles. The highest BCUT2D eigenvalue weighted by Crippen LogP contribution is 2.27. The second kappa shape index (κ2) is 11.6. The Morgan fingerprint density at radius 2 is 1.64 bits per heavy atom. The normalized spacial score (nSPS) is 11.5. The first kappa shape index (κ1) is 27.7. The topological polar surface area (TPSA) is 93.0 Å². The predicted molar refractivity (Wildman–Crippen MR) is 154 cm³/mol. The number of carbonyl (C=O) groups excluding carboxylic acids is 1. The highest BCUT2D eigenvalue weighted by Gasteiger charge is 2.27. The molecule has 0 aliphatic carbocycles. The number of benzene rings is 3. The SMILES string of the molecule is COc1cccc(N(CC(=O)N/N=C\c2cc(C)n(-c3cc(C)cc(C)c3)c2C)S(=O)(=O)c2ccccc2)c1. The zero-order valence-corrected chi connectivity index (χ0v) is 23.5. The van der Waals surface area contributed by atoms with E-state index < -0.39 is 22.5 Å². The maximum Gasteiger partial charge on any atom is 0.264 e. The number of hydrogen-bond acceptors (Lipinski definition) is 5. The number of methoxy groups -OCH3 is 1. The van der Waals surface area contributed by atoms with E-state index in [-0.39, 0.29) is 4.90 Å². The molecular weight excluding hydrogens is 512 g/mol. The van der Waals surface area contributed by atoms with E-state index in [0.29, 0.717) is 11.4 Å². The number of anilines is 1. The Bertz CT molecular complexity index is 1610. The average molecular weight is 545 g/mol. The largest absolute Gasteiger partial charge is 0.497 e. The minimum absolute atomic E-state index is 0.0722. The Balaban J connectivity index is 1.57. The van der Waals surface area contributed by atoms with E-state index in [9.17, 15) is 13.2 Å². The molecule has 0 bridgehead atoms. The molecule has 4 aromatic rings. The standard InChI is InChI=1S/C30H32N4O4S/c1-21-14-22(2)16-27(15-21)34-23(3)17-25(24(34)4)19-31-32-30(35)20-33(26-10-9-11-28(18-26)38-5)39(36,37)29-12-7-6-8-13-29/h6-19H,20H2,1-5H3,(H,32,35)/b31-19-. The summed E-state index contributed by atoms with van der Waals surface area (Å²) in [6, 6.07) is 22.9. The Morgan fingerprint density at radius 1 is 0.949 bits per heavy atom. The van der Waals surface area contributed by atoms with Crippen molar-refractivity contribution in [3.8, 4) is 11.4 Å². The fourth-order valence-electron chi connectivity index (χ4n) is 4.54. The van der Waals surface area contributed by atoms with Crippen molar-refractivity contribution in [1.82, 2.24) is 9.99 Å². The number of nitrogens with zero attached hydrogens (tertiary/aromatic N) is 3. The number of sulfonamides is 1. The molecule has 9 heteroatoms. The third-order valence-electron chi connectivity index (χ3n) is 6.29. The predicted octanol–water partition coefficient (Wildman–Crippen LogP) is 5.07. The zero-order valence-electron chi connectivity index (χ0n) is 22.7. The first-order valence-corrected chi connectivity index (χ1v) is 13.9. The number of nitrogens with one attached hydrogen (secondary N) is 1. The van der Waals surface area contributed by atoms with Crippen LogP contribution in [-0.2, 0) is 14.8 Å². The van der Waals surface area contributed by atoms with Crippen molar-refractivity contribution in [2.45, 2.75) is 32.6 Å². The van der Waals surface area contributed by atoms with Crippen molar-refractivity contribution in [2.75, 3.05) is 18.0 Å². The van der Waals surface area contributed by atoms with Crippen molar-refractivity contribution < 1.29 is 17.9 Å². The van der Waals surface area contributed by atoms with Gasteiger partial charge in [0.2, 0.25) is 0 Å². The summed E-state index contributed by atoms with van der Waals surface area (Å²) in [5.74, 6) is -0.116. The van der Waals surface area contributed by atoms with Gasteiger partial charge in [0.1, 0.15) is 12.3 Å². The molecule has 0 spiro atoms. The van der Waals surface area contributed by atoms with Crippen LogP contribution in [0, 0.1) is 27.7 Å². The minimum Gasteiger partial charge on any atom is -0.497 e. The van der Waals surface area contributed by atoms with Gasteiger partial charge in [0.15, 0.2) is 0 Å². The molecule has 202 valence electrons. The molecule has 0 aliphatic heterocycles. The number of aryl methyl sites for hydroxylation is 3. The van der Waals surface area contributed by atoms with Crippen LogP contribution in [-0.4, -0.2) is 38.8 Å². The lowest BCUT2D eigenvalue weighted by Crippen LogP contribution is -2.39. The molecule has 1 N–H and O–H groups in total. The van der Waals surface area contributed by atoms with E-state index in [1.54, 1.807) is 48.7 Å². The van der Waals surface area contributed by atoms with E-state index in [0.717, 1.165) is 26.9 Å². The van der Waals surface area contributed by atoms with Crippen LogP contribution in [0.5, 0.6) is 5.75 Å². The van der Waals surface area contributed by atoms with Crippen LogP contribution in [0.25, 0.3) is 5.69 Å². The summed E-state index contributed by atoms with van der Waals surface area (Å²) in [7, 11) is -2.54. The molecule has 1 amide bonds. The molecule has 0 fully saturated rings. The highest BCUT2D eigenvalue weighted by atomic mass is 32.2. The fourth-order valence-corrected chi connectivity index (χ4v) is 5.97. The maximum atomic E-state index is 13.5. The number of hydrogen-bond donors (Lipinski definition) is 1. The summed E-state index contributed by atoms with van der Waals surface area (Å²) >= 11 is 0. The summed E-state index contributed by atoms with van der Waals surface area (Å²) < 4.78 is 35.4. The molecule has 4 rings (SSSR count). The van der Waals surface area contributed by atoms with Gasteiger partial charge in [-0.15, -0.1) is 0 Å². The van der Waals surface area contributed by atoms with Crippen LogP contribution in [0.1, 0.15) is 28.1 Å². The molecule has 0 unspecified atom stereocenters. The Morgan fingerprint density at radius 3 is 2.31 bits per heavy atom. The highest BCUT2D eigenvalue weighted by molar-refractivity contribution is 7.92. The van der Waals surface area contributed by atoms with Gasteiger partial charge >= 0.3 is 0 Å². The summed E-state index contributed by atoms with van der Waals surface area (Å²) in [6.07, 6.45) is 1.57. The lowest BCUT2D eigenvalue weighted by atomic mass is 10.1. The van der Waals surface area contributed by atoms with Gasteiger partial charge in [-0.1, -0.05) is 30.3 Å². The van der Waals surface area contributed by atoms with Gasteiger partial charge in [-0.05, 0) is 81.3 Å². The van der Waals surface area contributed by atoms with Crippen LogP contribution in [0.2, 0.25) is 0 Å². The third kappa shape index (κ3) is 6.21. The van der Waals surface area contributed by atoms with E-state index in [4.69, 9.17) is 4.74 Å². The lowest BCUT2D eigenvalue weighted by molar-refractivity contribution is -0.119. The van der Waals surface area contributed by atoms with Crippen molar-refractivity contribution in [3.63, 3.8) is 0 Å². The number of rotatable bonds is 9. The zero-order chi connectivity index (χ0) is 28.2. The summed E-state index contributed by atoms with van der Waals surface area (Å²) in [4.78, 5) is 13.0. The Labute approximate surface area is 229 Å². The van der Waals surface area contributed by atoms with Gasteiger partial charge in [-0.2, -0.15) is 5.10 Å².